The molecule has 0 aliphatic rings. The van der Waals surface area contributed by atoms with E-state index in [0.717, 1.165) is 11.3 Å². The Hall–Kier alpha value is -2.89. The van der Waals surface area contributed by atoms with Crippen LogP contribution in [0.25, 0.3) is 11.2 Å². The first-order valence-electron chi connectivity index (χ1n) is 6.39. The average Bonchev–Trinajstić information content (AvgIpc) is 2.53. The maximum Gasteiger partial charge on any atom is 0.181 e. The van der Waals surface area contributed by atoms with Crippen molar-refractivity contribution in [2.24, 2.45) is 4.99 Å². The maximum absolute atomic E-state index is 5.28. The van der Waals surface area contributed by atoms with Crippen LogP contribution in [-0.4, -0.2) is 33.3 Å². The predicted octanol–water partition coefficient (Wildman–Crippen LogP) is 2.49. The minimum atomic E-state index is 0.478. The fourth-order valence-electron chi connectivity index (χ4n) is 1.87. The average molecular weight is 279 g/mol. The van der Waals surface area contributed by atoms with E-state index in [1.807, 2.05) is 25.1 Å². The highest BCUT2D eigenvalue weighted by molar-refractivity contribution is 5.81. The van der Waals surface area contributed by atoms with E-state index in [-0.39, 0.29) is 0 Å². The predicted molar refractivity (Wildman–Crippen MR) is 80.1 cm³/mol. The molecule has 0 atom stereocenters. The summed E-state index contributed by atoms with van der Waals surface area (Å²) in [5.41, 5.74) is 3.04. The van der Waals surface area contributed by atoms with Gasteiger partial charge in [-0.3, -0.25) is 0 Å². The van der Waals surface area contributed by atoms with Crippen molar-refractivity contribution in [2.75, 3.05) is 7.11 Å². The first-order chi connectivity index (χ1) is 10.3. The van der Waals surface area contributed by atoms with E-state index in [9.17, 15) is 0 Å². The minimum absolute atomic E-state index is 0.478. The summed E-state index contributed by atoms with van der Waals surface area (Å²) in [6.45, 7) is 2.00. The largest absolute Gasteiger partial charge is 0.494 e. The third-order valence-electron chi connectivity index (χ3n) is 2.90. The molecule has 0 N–H and O–H groups in total. The van der Waals surface area contributed by atoms with Crippen LogP contribution in [-0.2, 0) is 0 Å². The summed E-state index contributed by atoms with van der Waals surface area (Å²) in [5.74, 6) is 1.18. The van der Waals surface area contributed by atoms with Crippen LogP contribution < -0.4 is 4.74 Å². The van der Waals surface area contributed by atoms with Gasteiger partial charge in [-0.2, -0.15) is 0 Å². The number of benzene rings is 1. The molecular formula is C15H13N5O. The van der Waals surface area contributed by atoms with Crippen molar-refractivity contribution in [3.05, 3.63) is 48.2 Å². The monoisotopic (exact) mass is 279 g/mol. The summed E-state index contributed by atoms with van der Waals surface area (Å²) in [6.07, 6.45) is 6.42. The second-order valence-electron chi connectivity index (χ2n) is 4.43. The van der Waals surface area contributed by atoms with Gasteiger partial charge >= 0.3 is 0 Å². The lowest BCUT2D eigenvalue weighted by Gasteiger charge is -2.04. The molecule has 0 spiro atoms. The van der Waals surface area contributed by atoms with Gasteiger partial charge in [-0.15, -0.1) is 0 Å². The van der Waals surface area contributed by atoms with Crippen molar-refractivity contribution in [3.63, 3.8) is 0 Å². The molecule has 6 nitrogen and oxygen atoms in total. The molecule has 0 aliphatic carbocycles. The standard InChI is InChI=1S/C15H13N5O/c1-10-3-4-13(21-2)11(7-10)18-9-14-19-8-12-15(20-14)17-6-5-16-12/h3-9H,1-2H3. The molecule has 21 heavy (non-hydrogen) atoms. The SMILES string of the molecule is COc1ccc(C)cc1N=Cc1ncc2nccnc2n1. The highest BCUT2D eigenvalue weighted by Gasteiger charge is 2.02. The van der Waals surface area contributed by atoms with Crippen LogP contribution in [0.2, 0.25) is 0 Å². The molecule has 3 rings (SSSR count). The second-order valence-corrected chi connectivity index (χ2v) is 4.43. The Bertz CT molecular complexity index is 816. The molecule has 0 unspecified atom stereocenters. The van der Waals surface area contributed by atoms with Gasteiger partial charge in [0.25, 0.3) is 0 Å². The molecule has 3 aromatic rings. The summed E-state index contributed by atoms with van der Waals surface area (Å²) in [6, 6.07) is 5.80. The van der Waals surface area contributed by atoms with Gasteiger partial charge < -0.3 is 4.74 Å². The zero-order valence-corrected chi connectivity index (χ0v) is 11.7. The Morgan fingerprint density at radius 1 is 1.14 bits per heavy atom. The van der Waals surface area contributed by atoms with Gasteiger partial charge in [-0.25, -0.2) is 24.9 Å². The topological polar surface area (TPSA) is 73.2 Å². The summed E-state index contributed by atoms with van der Waals surface area (Å²) in [4.78, 5) is 21.2. The van der Waals surface area contributed by atoms with Crippen LogP contribution in [0.3, 0.4) is 0 Å². The van der Waals surface area contributed by atoms with E-state index in [4.69, 9.17) is 4.74 Å². The highest BCUT2D eigenvalue weighted by Crippen LogP contribution is 2.27. The Balaban J connectivity index is 1.96. The zero-order valence-electron chi connectivity index (χ0n) is 11.7. The van der Waals surface area contributed by atoms with Gasteiger partial charge in [-0.1, -0.05) is 6.07 Å². The summed E-state index contributed by atoms with van der Waals surface area (Å²) in [5, 5.41) is 0. The number of hydrogen-bond acceptors (Lipinski definition) is 6. The molecule has 0 aliphatic heterocycles. The number of fused-ring (bicyclic) bond motifs is 1. The first kappa shape index (κ1) is 13.1. The van der Waals surface area contributed by atoms with Crippen LogP contribution in [0.1, 0.15) is 11.4 Å². The molecule has 104 valence electrons. The van der Waals surface area contributed by atoms with Crippen LogP contribution >= 0.6 is 0 Å². The quantitative estimate of drug-likeness (QED) is 0.689. The molecule has 0 saturated heterocycles. The number of aromatic nitrogens is 4. The fourth-order valence-corrected chi connectivity index (χ4v) is 1.87. The van der Waals surface area contributed by atoms with E-state index in [1.165, 1.54) is 0 Å². The number of aliphatic imine (C=N–C) groups is 1. The van der Waals surface area contributed by atoms with E-state index in [2.05, 4.69) is 24.9 Å². The van der Waals surface area contributed by atoms with Gasteiger partial charge in [0.1, 0.15) is 17.0 Å². The van der Waals surface area contributed by atoms with E-state index >= 15 is 0 Å². The Kier molecular flexibility index (Phi) is 3.51. The normalized spacial score (nSPS) is 11.1. The molecule has 0 saturated carbocycles. The van der Waals surface area contributed by atoms with Gasteiger partial charge in [0.05, 0.1) is 19.5 Å². The smallest absolute Gasteiger partial charge is 0.181 e. The lowest BCUT2D eigenvalue weighted by Crippen LogP contribution is -1.96. The van der Waals surface area contributed by atoms with E-state index in [1.54, 1.807) is 31.9 Å². The van der Waals surface area contributed by atoms with Crippen LogP contribution in [0.5, 0.6) is 5.75 Å². The highest BCUT2D eigenvalue weighted by atomic mass is 16.5. The summed E-state index contributed by atoms with van der Waals surface area (Å²) in [7, 11) is 1.62. The zero-order chi connectivity index (χ0) is 14.7. The number of ether oxygens (including phenoxy) is 1. The number of methoxy groups -OCH3 is 1. The maximum atomic E-state index is 5.28. The molecule has 2 aromatic heterocycles. The minimum Gasteiger partial charge on any atom is -0.494 e. The fraction of sp³-hybridized carbons (Fsp3) is 0.133. The van der Waals surface area contributed by atoms with Crippen molar-refractivity contribution in [1.29, 1.82) is 0 Å². The van der Waals surface area contributed by atoms with Crippen molar-refractivity contribution in [2.45, 2.75) is 6.92 Å². The molecule has 0 fully saturated rings. The lowest BCUT2D eigenvalue weighted by molar-refractivity contribution is 0.416. The third-order valence-corrected chi connectivity index (χ3v) is 2.90. The van der Waals surface area contributed by atoms with E-state index in [0.29, 0.717) is 22.7 Å². The number of nitrogens with zero attached hydrogens (tertiary/aromatic N) is 5. The van der Waals surface area contributed by atoms with Crippen LogP contribution in [0.15, 0.2) is 41.8 Å². The molecule has 0 radical (unpaired) electrons. The van der Waals surface area contributed by atoms with E-state index < -0.39 is 0 Å². The van der Waals surface area contributed by atoms with Crippen molar-refractivity contribution >= 4 is 23.1 Å². The van der Waals surface area contributed by atoms with Crippen molar-refractivity contribution in [3.8, 4) is 5.75 Å². The van der Waals surface area contributed by atoms with Gasteiger partial charge in [0.15, 0.2) is 11.5 Å². The third kappa shape index (κ3) is 2.84. The molecular weight excluding hydrogens is 266 g/mol. The second kappa shape index (κ2) is 5.62. The van der Waals surface area contributed by atoms with Crippen molar-refractivity contribution < 1.29 is 4.74 Å². The lowest BCUT2D eigenvalue weighted by atomic mass is 10.2. The van der Waals surface area contributed by atoms with Crippen LogP contribution in [0.4, 0.5) is 5.69 Å². The summed E-state index contributed by atoms with van der Waals surface area (Å²) >= 11 is 0. The molecule has 1 aromatic carbocycles. The number of hydrogen-bond donors (Lipinski definition) is 0. The Morgan fingerprint density at radius 3 is 2.86 bits per heavy atom. The molecule has 0 bridgehead atoms. The Morgan fingerprint density at radius 2 is 2.00 bits per heavy atom. The van der Waals surface area contributed by atoms with Gasteiger partial charge in [0.2, 0.25) is 0 Å². The van der Waals surface area contributed by atoms with Gasteiger partial charge in [0, 0.05) is 12.4 Å². The molecule has 2 heterocycles. The van der Waals surface area contributed by atoms with Crippen molar-refractivity contribution in [1.82, 2.24) is 19.9 Å². The molecule has 0 amide bonds. The first-order valence-corrected chi connectivity index (χ1v) is 6.39. The number of rotatable bonds is 3. The molecule has 6 heteroatoms. The summed E-state index contributed by atoms with van der Waals surface area (Å²) < 4.78 is 5.28. The number of aryl methyl sites for hydroxylation is 1. The Labute approximate surface area is 121 Å². The van der Waals surface area contributed by atoms with Crippen LogP contribution in [0, 0.1) is 6.92 Å². The van der Waals surface area contributed by atoms with Gasteiger partial charge in [-0.05, 0) is 24.6 Å².